The first kappa shape index (κ1) is 23.0. The van der Waals surface area contributed by atoms with Gasteiger partial charge in [0.2, 0.25) is 0 Å². The highest BCUT2D eigenvalue weighted by atomic mass is 32.1. The van der Waals surface area contributed by atoms with E-state index in [1.807, 2.05) is 11.3 Å². The van der Waals surface area contributed by atoms with Crippen LogP contribution in [0.2, 0.25) is 0 Å². The molecule has 40 heavy (non-hydrogen) atoms. The normalized spacial score (nSPS) is 11.5. The van der Waals surface area contributed by atoms with Crippen molar-refractivity contribution in [2.24, 2.45) is 0 Å². The van der Waals surface area contributed by atoms with Crippen LogP contribution in [0.3, 0.4) is 0 Å². The zero-order valence-electron chi connectivity index (χ0n) is 21.8. The Hall–Kier alpha value is -4.92. The van der Waals surface area contributed by atoms with Crippen LogP contribution in [0.4, 0.5) is 17.1 Å². The van der Waals surface area contributed by atoms with Crippen molar-refractivity contribution in [2.75, 3.05) is 4.90 Å². The fraction of sp³-hybridized carbons (Fsp3) is 0. The Morgan fingerprint density at radius 2 is 1.02 bits per heavy atom. The first-order valence-corrected chi connectivity index (χ1v) is 14.4. The van der Waals surface area contributed by atoms with Gasteiger partial charge in [0, 0.05) is 31.5 Å². The molecule has 0 saturated carbocycles. The van der Waals surface area contributed by atoms with Crippen LogP contribution in [-0.4, -0.2) is 0 Å². The third-order valence-electron chi connectivity index (χ3n) is 7.80. The summed E-state index contributed by atoms with van der Waals surface area (Å²) in [5.41, 5.74) is 5.93. The van der Waals surface area contributed by atoms with E-state index in [2.05, 4.69) is 157 Å². The van der Waals surface area contributed by atoms with Crippen molar-refractivity contribution in [1.82, 2.24) is 0 Å². The average Bonchev–Trinajstić information content (AvgIpc) is 3.39. The third kappa shape index (κ3) is 3.85. The Balaban J connectivity index is 1.31. The number of benzene rings is 7. The molecule has 1 nitrogen and oxygen atoms in total. The lowest BCUT2D eigenvalue weighted by Crippen LogP contribution is -2.10. The molecule has 0 aliphatic rings. The van der Waals surface area contributed by atoms with Crippen LogP contribution in [0.1, 0.15) is 0 Å². The maximum absolute atomic E-state index is 2.40. The fourth-order valence-corrected chi connectivity index (χ4v) is 7.01. The molecule has 0 radical (unpaired) electrons. The van der Waals surface area contributed by atoms with Crippen LogP contribution in [0.25, 0.3) is 52.8 Å². The Kier molecular flexibility index (Phi) is 5.39. The number of thiophene rings is 1. The lowest BCUT2D eigenvalue weighted by Gasteiger charge is -2.26. The van der Waals surface area contributed by atoms with Crippen LogP contribution in [0, 0.1) is 0 Å². The second-order valence-corrected chi connectivity index (χ2v) is 11.3. The summed E-state index contributed by atoms with van der Waals surface area (Å²) in [6.07, 6.45) is 0. The minimum atomic E-state index is 1.14. The van der Waals surface area contributed by atoms with Gasteiger partial charge in [0.15, 0.2) is 0 Å². The van der Waals surface area contributed by atoms with E-state index < -0.39 is 0 Å². The van der Waals surface area contributed by atoms with Crippen molar-refractivity contribution in [1.29, 1.82) is 0 Å². The lowest BCUT2D eigenvalue weighted by atomic mass is 10.0. The largest absolute Gasteiger partial charge is 0.310 e. The van der Waals surface area contributed by atoms with E-state index in [4.69, 9.17) is 0 Å². The molecule has 0 atom stereocenters. The maximum atomic E-state index is 2.40. The Morgan fingerprint density at radius 3 is 1.80 bits per heavy atom. The Morgan fingerprint density at radius 1 is 0.400 bits per heavy atom. The van der Waals surface area contributed by atoms with E-state index in [9.17, 15) is 0 Å². The molecule has 8 rings (SSSR count). The molecular formula is C38H25NS. The summed E-state index contributed by atoms with van der Waals surface area (Å²) in [6, 6.07) is 55.0. The van der Waals surface area contributed by atoms with Gasteiger partial charge in [-0.1, -0.05) is 97.1 Å². The second-order valence-electron chi connectivity index (χ2n) is 10.2. The number of rotatable bonds is 4. The first-order valence-electron chi connectivity index (χ1n) is 13.6. The van der Waals surface area contributed by atoms with Gasteiger partial charge in [-0.25, -0.2) is 0 Å². The van der Waals surface area contributed by atoms with E-state index in [1.54, 1.807) is 0 Å². The number of anilines is 3. The summed E-state index contributed by atoms with van der Waals surface area (Å²) in [5.74, 6) is 0. The van der Waals surface area contributed by atoms with E-state index in [0.717, 1.165) is 11.4 Å². The highest BCUT2D eigenvalue weighted by molar-refractivity contribution is 7.26. The molecule has 0 unspecified atom stereocenters. The number of nitrogens with zero attached hydrogens (tertiary/aromatic N) is 1. The molecule has 0 spiro atoms. The maximum Gasteiger partial charge on any atom is 0.0554 e. The van der Waals surface area contributed by atoms with Gasteiger partial charge < -0.3 is 4.90 Å². The van der Waals surface area contributed by atoms with Crippen LogP contribution in [-0.2, 0) is 0 Å². The first-order chi connectivity index (χ1) is 19.8. The van der Waals surface area contributed by atoms with Crippen LogP contribution in [0.5, 0.6) is 0 Å². The van der Waals surface area contributed by atoms with E-state index in [1.165, 1.54) is 58.5 Å². The molecule has 0 aliphatic carbocycles. The van der Waals surface area contributed by atoms with Crippen LogP contribution < -0.4 is 4.90 Å². The van der Waals surface area contributed by atoms with E-state index in [0.29, 0.717) is 0 Å². The van der Waals surface area contributed by atoms with Crippen LogP contribution >= 0.6 is 11.3 Å². The summed E-state index contributed by atoms with van der Waals surface area (Å²) >= 11 is 1.87. The fourth-order valence-electron chi connectivity index (χ4n) is 5.86. The molecule has 7 aromatic carbocycles. The summed E-state index contributed by atoms with van der Waals surface area (Å²) in [6.45, 7) is 0. The summed E-state index contributed by atoms with van der Waals surface area (Å²) in [4.78, 5) is 2.40. The third-order valence-corrected chi connectivity index (χ3v) is 8.92. The van der Waals surface area contributed by atoms with Gasteiger partial charge in [-0.05, 0) is 87.3 Å². The van der Waals surface area contributed by atoms with Crippen molar-refractivity contribution in [3.05, 3.63) is 152 Å². The smallest absolute Gasteiger partial charge is 0.0554 e. The molecule has 1 heterocycles. The quantitative estimate of drug-likeness (QED) is 0.220. The van der Waals surface area contributed by atoms with Gasteiger partial charge >= 0.3 is 0 Å². The molecule has 0 aliphatic heterocycles. The summed E-state index contributed by atoms with van der Waals surface area (Å²) < 4.78 is 2.62. The van der Waals surface area contributed by atoms with Gasteiger partial charge in [0.25, 0.3) is 0 Å². The molecule has 0 saturated heterocycles. The highest BCUT2D eigenvalue weighted by Gasteiger charge is 2.18. The zero-order valence-corrected chi connectivity index (χ0v) is 22.6. The number of hydrogen-bond acceptors (Lipinski definition) is 2. The SMILES string of the molecule is c1ccc(N(c2ccc(-c3ccc4ccccc4c3)cc2)c2cccc3sc4cc5ccccc5cc4c23)cc1. The number of hydrogen-bond donors (Lipinski definition) is 0. The van der Waals surface area contributed by atoms with Crippen molar-refractivity contribution in [2.45, 2.75) is 0 Å². The average molecular weight is 528 g/mol. The highest BCUT2D eigenvalue weighted by Crippen LogP contribution is 2.45. The van der Waals surface area contributed by atoms with Gasteiger partial charge in [0.1, 0.15) is 0 Å². The van der Waals surface area contributed by atoms with Gasteiger partial charge in [-0.2, -0.15) is 0 Å². The second kappa shape index (κ2) is 9.37. The monoisotopic (exact) mass is 527 g/mol. The summed E-state index contributed by atoms with van der Waals surface area (Å²) in [7, 11) is 0. The standard InChI is InChI=1S/C38H25NS/c1-2-13-32(14-3-1)39(33-21-19-27(20-22-33)31-18-17-26-9-4-5-10-28(26)23-31)35-15-8-16-36-38(35)34-24-29-11-6-7-12-30(29)25-37(34)40-36/h1-25H. The summed E-state index contributed by atoms with van der Waals surface area (Å²) in [5, 5.41) is 7.70. The van der Waals surface area contributed by atoms with Crippen molar-refractivity contribution >= 4 is 70.1 Å². The molecule has 0 bridgehead atoms. The molecule has 0 amide bonds. The minimum absolute atomic E-state index is 1.14. The van der Waals surface area contributed by atoms with Gasteiger partial charge in [-0.3, -0.25) is 0 Å². The number of fused-ring (bicyclic) bond motifs is 5. The van der Waals surface area contributed by atoms with Crippen molar-refractivity contribution in [3.63, 3.8) is 0 Å². The zero-order chi connectivity index (χ0) is 26.5. The molecule has 0 fully saturated rings. The predicted octanol–water partition coefficient (Wildman–Crippen LogP) is 11.5. The Bertz CT molecular complexity index is 2160. The molecule has 2 heteroatoms. The van der Waals surface area contributed by atoms with Gasteiger partial charge in [0.05, 0.1) is 5.69 Å². The molecule has 0 N–H and O–H groups in total. The van der Waals surface area contributed by atoms with E-state index in [-0.39, 0.29) is 0 Å². The molecule has 1 aromatic heterocycles. The van der Waals surface area contributed by atoms with Crippen molar-refractivity contribution in [3.8, 4) is 11.1 Å². The lowest BCUT2D eigenvalue weighted by molar-refractivity contribution is 1.30. The minimum Gasteiger partial charge on any atom is -0.310 e. The topological polar surface area (TPSA) is 3.24 Å². The van der Waals surface area contributed by atoms with E-state index >= 15 is 0 Å². The predicted molar refractivity (Wildman–Crippen MR) is 174 cm³/mol. The molecule has 8 aromatic rings. The molecule has 188 valence electrons. The van der Waals surface area contributed by atoms with Crippen molar-refractivity contribution < 1.29 is 0 Å². The number of para-hydroxylation sites is 1. The van der Waals surface area contributed by atoms with Gasteiger partial charge in [-0.15, -0.1) is 11.3 Å². The molecular weight excluding hydrogens is 502 g/mol. The van der Waals surface area contributed by atoms with Crippen LogP contribution in [0.15, 0.2) is 152 Å². The Labute approximate surface area is 237 Å².